The van der Waals surface area contributed by atoms with Gasteiger partial charge < -0.3 is 5.32 Å². The molecule has 2 unspecified atom stereocenters. The maximum atomic E-state index is 5.41. The fraction of sp³-hybridized carbons (Fsp3) is 0.583. The molecule has 2 heterocycles. The van der Waals surface area contributed by atoms with Crippen molar-refractivity contribution in [3.63, 3.8) is 0 Å². The molecule has 2 aromatic rings. The van der Waals surface area contributed by atoms with Crippen molar-refractivity contribution in [1.82, 2.24) is 29.7 Å². The molecule has 2 aromatic heterocycles. The number of rotatable bonds is 5. The second-order valence-corrected chi connectivity index (χ2v) is 5.32. The summed E-state index contributed by atoms with van der Waals surface area (Å²) in [5, 5.41) is 7.28. The second-order valence-electron chi connectivity index (χ2n) is 5.32. The minimum absolute atomic E-state index is 0.289. The van der Waals surface area contributed by atoms with Crippen LogP contribution in [0.25, 0.3) is 5.95 Å². The van der Waals surface area contributed by atoms with E-state index in [9.17, 15) is 0 Å². The highest BCUT2D eigenvalue weighted by Gasteiger charge is 2.23. The Labute approximate surface area is 122 Å². The number of hydrogen-bond acceptors (Lipinski definition) is 8. The average molecular weight is 289 g/mol. The van der Waals surface area contributed by atoms with E-state index in [2.05, 4.69) is 42.7 Å². The Balaban J connectivity index is 1.76. The van der Waals surface area contributed by atoms with Gasteiger partial charge >= 0.3 is 0 Å². The zero-order chi connectivity index (χ0) is 14.7. The maximum Gasteiger partial charge on any atom is 0.258 e. The van der Waals surface area contributed by atoms with Crippen LogP contribution in [0.5, 0.6) is 0 Å². The van der Waals surface area contributed by atoms with Crippen LogP contribution in [0.15, 0.2) is 12.7 Å². The summed E-state index contributed by atoms with van der Waals surface area (Å²) in [4.78, 5) is 16.6. The molecule has 3 rings (SSSR count). The molecule has 0 aromatic carbocycles. The first-order valence-electron chi connectivity index (χ1n) is 7.08. The maximum absolute atomic E-state index is 5.41. The molecule has 1 fully saturated rings. The number of nitrogens with one attached hydrogen (secondary N) is 2. The number of nitrogens with two attached hydrogens (primary N) is 1. The van der Waals surface area contributed by atoms with Gasteiger partial charge in [-0.3, -0.25) is 5.43 Å². The molecule has 21 heavy (non-hydrogen) atoms. The Bertz CT molecular complexity index is 582. The Morgan fingerprint density at radius 1 is 1.29 bits per heavy atom. The van der Waals surface area contributed by atoms with Crippen molar-refractivity contribution >= 4 is 11.9 Å². The van der Waals surface area contributed by atoms with E-state index in [-0.39, 0.29) is 5.95 Å². The highest BCUT2D eigenvalue weighted by Crippen LogP contribution is 2.30. The Morgan fingerprint density at radius 3 is 2.81 bits per heavy atom. The van der Waals surface area contributed by atoms with E-state index in [1.807, 2.05) is 0 Å². The first-order chi connectivity index (χ1) is 10.3. The minimum Gasteiger partial charge on any atom is -0.354 e. The topological polar surface area (TPSA) is 119 Å². The van der Waals surface area contributed by atoms with Gasteiger partial charge in [0.25, 0.3) is 5.95 Å². The summed E-state index contributed by atoms with van der Waals surface area (Å²) in [5.74, 6) is 7.95. The van der Waals surface area contributed by atoms with Crippen molar-refractivity contribution in [3.8, 4) is 5.95 Å². The lowest BCUT2D eigenvalue weighted by Crippen LogP contribution is -2.20. The molecular weight excluding hydrogens is 270 g/mol. The van der Waals surface area contributed by atoms with Crippen LogP contribution < -0.4 is 16.6 Å². The average Bonchev–Trinajstić information content (AvgIpc) is 3.16. The second kappa shape index (κ2) is 6.00. The highest BCUT2D eigenvalue weighted by molar-refractivity contribution is 5.36. The number of aromatic nitrogens is 6. The first-order valence-corrected chi connectivity index (χ1v) is 7.08. The van der Waals surface area contributed by atoms with E-state index in [1.54, 1.807) is 0 Å². The standard InChI is InChI=1S/C12H19N9/c1-8-3-2-4-9(8)5-15-10-17-11(20-13)19-12(18-10)21-7-14-6-16-21/h6-9H,2-5,13H2,1H3,(H2,15,17,18,19,20). The highest BCUT2D eigenvalue weighted by atomic mass is 15.4. The lowest BCUT2D eigenvalue weighted by atomic mass is 9.98. The normalized spacial score (nSPS) is 21.4. The third-order valence-corrected chi connectivity index (χ3v) is 3.94. The van der Waals surface area contributed by atoms with Crippen molar-refractivity contribution < 1.29 is 0 Å². The monoisotopic (exact) mass is 289 g/mol. The van der Waals surface area contributed by atoms with E-state index in [4.69, 9.17) is 5.84 Å². The summed E-state index contributed by atoms with van der Waals surface area (Å²) < 4.78 is 1.46. The van der Waals surface area contributed by atoms with Gasteiger partial charge in [0.1, 0.15) is 12.7 Å². The summed E-state index contributed by atoms with van der Waals surface area (Å²) in [7, 11) is 0. The number of hydrazine groups is 1. The quantitative estimate of drug-likeness (QED) is 0.540. The molecule has 0 bridgehead atoms. The van der Waals surface area contributed by atoms with Crippen molar-refractivity contribution in [3.05, 3.63) is 12.7 Å². The Morgan fingerprint density at radius 2 is 2.14 bits per heavy atom. The molecule has 0 radical (unpaired) electrons. The van der Waals surface area contributed by atoms with Crippen molar-refractivity contribution in [2.75, 3.05) is 17.3 Å². The summed E-state index contributed by atoms with van der Waals surface area (Å²) in [6.45, 7) is 3.15. The van der Waals surface area contributed by atoms with Crippen LogP contribution in [-0.2, 0) is 0 Å². The lowest BCUT2D eigenvalue weighted by Gasteiger charge is -2.16. The van der Waals surface area contributed by atoms with E-state index >= 15 is 0 Å². The molecule has 0 spiro atoms. The molecular formula is C12H19N9. The molecule has 112 valence electrons. The van der Waals surface area contributed by atoms with Crippen LogP contribution in [0.3, 0.4) is 0 Å². The van der Waals surface area contributed by atoms with E-state index in [0.29, 0.717) is 17.8 Å². The Kier molecular flexibility index (Phi) is 3.91. The molecule has 2 atom stereocenters. The smallest absolute Gasteiger partial charge is 0.258 e. The van der Waals surface area contributed by atoms with Crippen LogP contribution in [0.2, 0.25) is 0 Å². The van der Waals surface area contributed by atoms with E-state index in [1.165, 1.54) is 36.6 Å². The van der Waals surface area contributed by atoms with Crippen molar-refractivity contribution in [2.45, 2.75) is 26.2 Å². The van der Waals surface area contributed by atoms with Gasteiger partial charge in [-0.05, 0) is 18.3 Å². The van der Waals surface area contributed by atoms with Gasteiger partial charge in [-0.1, -0.05) is 19.8 Å². The summed E-state index contributed by atoms with van der Waals surface area (Å²) in [6.07, 6.45) is 6.79. The third kappa shape index (κ3) is 3.07. The fourth-order valence-electron chi connectivity index (χ4n) is 2.67. The van der Waals surface area contributed by atoms with Gasteiger partial charge in [0.15, 0.2) is 0 Å². The van der Waals surface area contributed by atoms with Gasteiger partial charge in [-0.2, -0.15) is 24.7 Å². The molecule has 9 nitrogen and oxygen atoms in total. The van der Waals surface area contributed by atoms with Crippen LogP contribution >= 0.6 is 0 Å². The molecule has 0 amide bonds. The molecule has 0 saturated heterocycles. The molecule has 9 heteroatoms. The number of nitrogens with zero attached hydrogens (tertiary/aromatic N) is 6. The first kappa shape index (κ1) is 13.7. The predicted molar refractivity (Wildman–Crippen MR) is 77.5 cm³/mol. The lowest BCUT2D eigenvalue weighted by molar-refractivity contribution is 0.439. The van der Waals surface area contributed by atoms with Crippen molar-refractivity contribution in [2.24, 2.45) is 17.7 Å². The fourth-order valence-corrected chi connectivity index (χ4v) is 2.67. The third-order valence-electron chi connectivity index (χ3n) is 3.94. The van der Waals surface area contributed by atoms with Crippen LogP contribution in [0.4, 0.5) is 11.9 Å². The summed E-state index contributed by atoms with van der Waals surface area (Å²) in [5.41, 5.74) is 2.44. The SMILES string of the molecule is CC1CCCC1CNc1nc(NN)nc(-n2cncn2)n1. The van der Waals surface area contributed by atoms with E-state index in [0.717, 1.165) is 12.5 Å². The molecule has 1 saturated carbocycles. The van der Waals surface area contributed by atoms with Gasteiger partial charge in [0, 0.05) is 6.54 Å². The van der Waals surface area contributed by atoms with Crippen LogP contribution in [0.1, 0.15) is 26.2 Å². The summed E-state index contributed by atoms with van der Waals surface area (Å²) >= 11 is 0. The number of anilines is 2. The Hall–Kier alpha value is -2.29. The predicted octanol–water partition coefficient (Wildman–Crippen LogP) is 0.586. The van der Waals surface area contributed by atoms with Crippen molar-refractivity contribution in [1.29, 1.82) is 0 Å². The largest absolute Gasteiger partial charge is 0.354 e. The molecule has 1 aliphatic carbocycles. The minimum atomic E-state index is 0.289. The van der Waals surface area contributed by atoms with Crippen LogP contribution in [0, 0.1) is 11.8 Å². The van der Waals surface area contributed by atoms with Gasteiger partial charge in [0.2, 0.25) is 11.9 Å². The zero-order valence-electron chi connectivity index (χ0n) is 11.9. The number of nitrogen functional groups attached to an aromatic ring is 1. The molecule has 0 aliphatic heterocycles. The van der Waals surface area contributed by atoms with Gasteiger partial charge in [-0.25, -0.2) is 10.8 Å². The number of hydrogen-bond donors (Lipinski definition) is 3. The zero-order valence-corrected chi connectivity index (χ0v) is 11.9. The van der Waals surface area contributed by atoms with Crippen LogP contribution in [-0.4, -0.2) is 36.3 Å². The molecule has 1 aliphatic rings. The molecule has 4 N–H and O–H groups in total. The van der Waals surface area contributed by atoms with E-state index < -0.39 is 0 Å². The van der Waals surface area contributed by atoms with Gasteiger partial charge in [-0.15, -0.1) is 0 Å². The van der Waals surface area contributed by atoms with Gasteiger partial charge in [0.05, 0.1) is 0 Å². The summed E-state index contributed by atoms with van der Waals surface area (Å²) in [6, 6.07) is 0.